The molecular weight excluding hydrogens is 536 g/mol. The number of aromatic nitrogens is 1. The highest BCUT2D eigenvalue weighted by Gasteiger charge is 2.49. The SMILES string of the molecule is CC1(C)OC(=O)C([C@H](c2cc(Br)ccc2OCc2ccccc2C#N)c2c[nH]c3ccccc23)C(=O)O1. The smallest absolute Gasteiger partial charge is 0.324 e. The number of carbonyl (C=O) groups excluding carboxylic acids is 2. The van der Waals surface area contributed by atoms with Gasteiger partial charge in [0.2, 0.25) is 0 Å². The maximum Gasteiger partial charge on any atom is 0.324 e. The highest BCUT2D eigenvalue weighted by atomic mass is 79.9. The predicted octanol–water partition coefficient (Wildman–Crippen LogP) is 5.97. The van der Waals surface area contributed by atoms with Crippen LogP contribution in [0.2, 0.25) is 0 Å². The van der Waals surface area contributed by atoms with Gasteiger partial charge in [-0.25, -0.2) is 0 Å². The standard InChI is InChI=1S/C29H23BrN2O5/c1-29(2)36-27(33)26(28(34)37-29)25(22-15-32-23-10-6-5-9-20(22)23)21-13-19(30)11-12-24(21)35-16-18-8-4-3-7-17(18)14-31/h3-13,15,25-26,32H,16H2,1-2H3/t25-/m1/s1. The third-order valence-electron chi connectivity index (χ3n) is 6.32. The number of para-hydroxylation sites is 1. The summed E-state index contributed by atoms with van der Waals surface area (Å²) in [6, 6.07) is 22.5. The monoisotopic (exact) mass is 558 g/mol. The topological polar surface area (TPSA) is 101 Å². The molecule has 5 rings (SSSR count). The number of ether oxygens (including phenoxy) is 3. The molecule has 1 saturated heterocycles. The number of aromatic amines is 1. The van der Waals surface area contributed by atoms with E-state index >= 15 is 0 Å². The number of carbonyl (C=O) groups is 2. The number of halogens is 1. The van der Waals surface area contributed by atoms with Gasteiger partial charge in [-0.1, -0.05) is 52.3 Å². The van der Waals surface area contributed by atoms with Crippen molar-refractivity contribution in [3.05, 3.63) is 99.7 Å². The van der Waals surface area contributed by atoms with E-state index in [1.54, 1.807) is 24.4 Å². The van der Waals surface area contributed by atoms with E-state index in [1.165, 1.54) is 13.8 Å². The van der Waals surface area contributed by atoms with Crippen LogP contribution in [-0.2, 0) is 25.7 Å². The molecule has 0 spiro atoms. The summed E-state index contributed by atoms with van der Waals surface area (Å²) >= 11 is 3.53. The van der Waals surface area contributed by atoms with Crippen LogP contribution in [0.1, 0.15) is 42.0 Å². The van der Waals surface area contributed by atoms with E-state index in [0.29, 0.717) is 16.9 Å². The maximum atomic E-state index is 13.3. The van der Waals surface area contributed by atoms with Gasteiger partial charge in [-0.2, -0.15) is 5.26 Å². The Labute approximate surface area is 222 Å². The first-order valence-electron chi connectivity index (χ1n) is 11.7. The van der Waals surface area contributed by atoms with Crippen LogP contribution in [0.15, 0.2) is 77.4 Å². The molecule has 3 aromatic carbocycles. The van der Waals surface area contributed by atoms with Gasteiger partial charge < -0.3 is 19.2 Å². The minimum atomic E-state index is -1.35. The van der Waals surface area contributed by atoms with Crippen LogP contribution in [0.4, 0.5) is 0 Å². The zero-order valence-electron chi connectivity index (χ0n) is 20.2. The molecule has 0 aliphatic carbocycles. The second-order valence-corrected chi connectivity index (χ2v) is 10.1. The quantitative estimate of drug-likeness (QED) is 0.231. The van der Waals surface area contributed by atoms with Crippen molar-refractivity contribution in [2.24, 2.45) is 5.92 Å². The molecule has 186 valence electrons. The molecule has 8 heteroatoms. The normalized spacial score (nSPS) is 16.1. The third kappa shape index (κ3) is 4.83. The summed E-state index contributed by atoms with van der Waals surface area (Å²) in [5, 5.41) is 10.3. The summed E-state index contributed by atoms with van der Waals surface area (Å²) in [4.78, 5) is 29.8. The van der Waals surface area contributed by atoms with Crippen LogP contribution in [0.3, 0.4) is 0 Å². The van der Waals surface area contributed by atoms with Crippen molar-refractivity contribution in [3.8, 4) is 11.8 Å². The minimum Gasteiger partial charge on any atom is -0.489 e. The molecule has 0 unspecified atom stereocenters. The van der Waals surface area contributed by atoms with Crippen LogP contribution in [0.25, 0.3) is 10.9 Å². The van der Waals surface area contributed by atoms with Crippen LogP contribution >= 0.6 is 15.9 Å². The lowest BCUT2D eigenvalue weighted by Gasteiger charge is -2.36. The van der Waals surface area contributed by atoms with Gasteiger partial charge in [0.15, 0.2) is 5.92 Å². The molecule has 1 aliphatic rings. The number of H-pyrrole nitrogens is 1. The molecule has 2 heterocycles. The van der Waals surface area contributed by atoms with E-state index in [2.05, 4.69) is 27.0 Å². The van der Waals surface area contributed by atoms with E-state index in [-0.39, 0.29) is 6.61 Å². The van der Waals surface area contributed by atoms with Crippen molar-refractivity contribution in [2.75, 3.05) is 0 Å². The molecule has 1 atom stereocenters. The highest BCUT2D eigenvalue weighted by molar-refractivity contribution is 9.10. The number of nitrogens with zero attached hydrogens (tertiary/aromatic N) is 1. The van der Waals surface area contributed by atoms with Crippen molar-refractivity contribution in [3.63, 3.8) is 0 Å². The van der Waals surface area contributed by atoms with E-state index in [4.69, 9.17) is 14.2 Å². The molecule has 7 nitrogen and oxygen atoms in total. The first kappa shape index (κ1) is 24.6. The summed E-state index contributed by atoms with van der Waals surface area (Å²) in [5.74, 6) is -4.25. The second kappa shape index (κ2) is 9.75. The molecule has 4 aromatic rings. The van der Waals surface area contributed by atoms with Crippen molar-refractivity contribution in [2.45, 2.75) is 32.2 Å². The fraction of sp³-hybridized carbons (Fsp3) is 0.207. The van der Waals surface area contributed by atoms with Gasteiger partial charge >= 0.3 is 11.9 Å². The summed E-state index contributed by atoms with van der Waals surface area (Å²) in [7, 11) is 0. The summed E-state index contributed by atoms with van der Waals surface area (Å²) in [6.45, 7) is 3.19. The Morgan fingerprint density at radius 1 is 1.03 bits per heavy atom. The second-order valence-electron chi connectivity index (χ2n) is 9.23. The van der Waals surface area contributed by atoms with Crippen molar-refractivity contribution in [1.82, 2.24) is 4.98 Å². The largest absolute Gasteiger partial charge is 0.489 e. The number of benzene rings is 3. The lowest BCUT2D eigenvalue weighted by Crippen LogP contribution is -2.48. The van der Waals surface area contributed by atoms with Gasteiger partial charge in [0.25, 0.3) is 5.79 Å². The molecule has 1 N–H and O–H groups in total. The minimum absolute atomic E-state index is 0.131. The number of nitrogens with one attached hydrogen (secondary N) is 1. The van der Waals surface area contributed by atoms with Crippen LogP contribution in [0.5, 0.6) is 5.75 Å². The van der Waals surface area contributed by atoms with Crippen molar-refractivity contribution < 1.29 is 23.8 Å². The molecule has 1 aliphatic heterocycles. The predicted molar refractivity (Wildman–Crippen MR) is 140 cm³/mol. The lowest BCUT2D eigenvalue weighted by molar-refractivity contribution is -0.240. The van der Waals surface area contributed by atoms with Crippen molar-refractivity contribution in [1.29, 1.82) is 5.26 Å². The molecule has 0 saturated carbocycles. The van der Waals surface area contributed by atoms with E-state index in [0.717, 1.165) is 26.5 Å². The molecule has 1 aromatic heterocycles. The number of hydrogen-bond donors (Lipinski definition) is 1. The Balaban J connectivity index is 1.64. The number of cyclic esters (lactones) is 2. The number of nitriles is 1. The zero-order valence-corrected chi connectivity index (χ0v) is 21.7. The Morgan fingerprint density at radius 2 is 1.73 bits per heavy atom. The van der Waals surface area contributed by atoms with E-state index in [9.17, 15) is 14.9 Å². The maximum absolute atomic E-state index is 13.3. The van der Waals surface area contributed by atoms with E-state index in [1.807, 2.05) is 48.5 Å². The van der Waals surface area contributed by atoms with Gasteiger partial charge in [-0.3, -0.25) is 9.59 Å². The van der Waals surface area contributed by atoms with Gasteiger partial charge in [-0.05, 0) is 35.9 Å². The first-order valence-corrected chi connectivity index (χ1v) is 12.5. The number of fused-ring (bicyclic) bond motifs is 1. The Hall–Kier alpha value is -4.09. The first-order chi connectivity index (χ1) is 17.8. The summed E-state index contributed by atoms with van der Waals surface area (Å²) in [5.41, 5.74) is 3.43. The van der Waals surface area contributed by atoms with Crippen LogP contribution in [-0.4, -0.2) is 22.7 Å². The Bertz CT molecular complexity index is 1530. The Morgan fingerprint density at radius 3 is 2.49 bits per heavy atom. The average molecular weight is 559 g/mol. The van der Waals surface area contributed by atoms with Gasteiger partial charge in [0.05, 0.1) is 11.6 Å². The number of rotatable bonds is 6. The third-order valence-corrected chi connectivity index (χ3v) is 6.81. The number of esters is 2. The average Bonchev–Trinajstić information content (AvgIpc) is 3.29. The van der Waals surface area contributed by atoms with Crippen LogP contribution < -0.4 is 4.74 Å². The zero-order chi connectivity index (χ0) is 26.2. The molecule has 1 fully saturated rings. The van der Waals surface area contributed by atoms with Gasteiger partial charge in [0.1, 0.15) is 12.4 Å². The molecular formula is C29H23BrN2O5. The molecule has 37 heavy (non-hydrogen) atoms. The fourth-order valence-electron chi connectivity index (χ4n) is 4.68. The molecule has 0 radical (unpaired) electrons. The van der Waals surface area contributed by atoms with Crippen molar-refractivity contribution >= 4 is 38.8 Å². The summed E-state index contributed by atoms with van der Waals surface area (Å²) in [6.07, 6.45) is 1.80. The van der Waals surface area contributed by atoms with Gasteiger partial charge in [0, 0.05) is 52.5 Å². The molecule has 0 bridgehead atoms. The van der Waals surface area contributed by atoms with Gasteiger partial charge in [-0.15, -0.1) is 0 Å². The fourth-order valence-corrected chi connectivity index (χ4v) is 5.06. The Kier molecular flexibility index (Phi) is 6.48. The highest BCUT2D eigenvalue weighted by Crippen LogP contribution is 2.44. The van der Waals surface area contributed by atoms with Crippen LogP contribution in [0, 0.1) is 17.2 Å². The number of hydrogen-bond acceptors (Lipinski definition) is 6. The molecule has 0 amide bonds. The lowest BCUT2D eigenvalue weighted by atomic mass is 9.79. The van der Waals surface area contributed by atoms with E-state index < -0.39 is 29.6 Å². The summed E-state index contributed by atoms with van der Waals surface area (Å²) < 4.78 is 18.0.